The zero-order valence-electron chi connectivity index (χ0n) is 11.5. The lowest BCUT2D eigenvalue weighted by molar-refractivity contribution is -0.148. The number of halogens is 2. The molecule has 5 nitrogen and oxygen atoms in total. The molecular weight excluding hydrogens is 282 g/mol. The number of aliphatic carboxylic acids is 1. The van der Waals surface area contributed by atoms with Crippen LogP contribution in [-0.4, -0.2) is 23.1 Å². The normalized spacial score (nSPS) is 24.6. The largest absolute Gasteiger partial charge is 0.481 e. The highest BCUT2D eigenvalue weighted by Crippen LogP contribution is 2.38. The number of hydrogen-bond donors (Lipinski definition) is 3. The molecule has 2 atom stereocenters. The number of carboxylic acid groups (broad SMARTS) is 1. The van der Waals surface area contributed by atoms with E-state index < -0.39 is 35.1 Å². The van der Waals surface area contributed by atoms with Crippen molar-refractivity contribution in [2.75, 3.05) is 5.32 Å². The number of amides is 2. The van der Waals surface area contributed by atoms with Gasteiger partial charge in [-0.15, -0.1) is 0 Å². The van der Waals surface area contributed by atoms with Crippen LogP contribution in [0.4, 0.5) is 19.3 Å². The summed E-state index contributed by atoms with van der Waals surface area (Å²) < 4.78 is 26.5. The molecule has 0 radical (unpaired) electrons. The van der Waals surface area contributed by atoms with Crippen molar-refractivity contribution in [1.82, 2.24) is 5.32 Å². The number of urea groups is 1. The molecule has 2 amide bonds. The molecule has 1 fully saturated rings. The molecule has 21 heavy (non-hydrogen) atoms. The molecule has 1 aromatic carbocycles. The van der Waals surface area contributed by atoms with Crippen molar-refractivity contribution in [1.29, 1.82) is 0 Å². The van der Waals surface area contributed by atoms with E-state index in [9.17, 15) is 23.5 Å². The van der Waals surface area contributed by atoms with Crippen LogP contribution in [0.1, 0.15) is 26.2 Å². The molecule has 0 aromatic heterocycles. The first-order valence-electron chi connectivity index (χ1n) is 6.59. The highest BCUT2D eigenvalue weighted by Gasteiger charge is 2.45. The fourth-order valence-corrected chi connectivity index (χ4v) is 2.57. The van der Waals surface area contributed by atoms with Crippen molar-refractivity contribution < 1.29 is 23.5 Å². The van der Waals surface area contributed by atoms with Crippen LogP contribution in [0, 0.1) is 17.0 Å². The van der Waals surface area contributed by atoms with Gasteiger partial charge >= 0.3 is 12.0 Å². The fraction of sp³-hybridized carbons (Fsp3) is 0.429. The Kier molecular flexibility index (Phi) is 4.11. The monoisotopic (exact) mass is 298 g/mol. The number of carboxylic acids is 1. The molecule has 0 spiro atoms. The molecule has 0 saturated heterocycles. The topological polar surface area (TPSA) is 78.4 Å². The van der Waals surface area contributed by atoms with Gasteiger partial charge in [0.1, 0.15) is 0 Å². The Bertz CT molecular complexity index is 579. The number of carbonyl (C=O) groups is 2. The number of nitrogens with one attached hydrogen (secondary N) is 2. The third-order valence-electron chi connectivity index (χ3n) is 3.95. The van der Waals surface area contributed by atoms with E-state index in [1.54, 1.807) is 6.92 Å². The number of benzene rings is 1. The van der Waals surface area contributed by atoms with Gasteiger partial charge in [-0.25, -0.2) is 13.6 Å². The van der Waals surface area contributed by atoms with Gasteiger partial charge in [-0.3, -0.25) is 4.79 Å². The Labute approximate surface area is 120 Å². The molecule has 1 aromatic rings. The lowest BCUT2D eigenvalue weighted by atomic mass is 9.85. The van der Waals surface area contributed by atoms with E-state index >= 15 is 0 Å². The summed E-state index contributed by atoms with van der Waals surface area (Å²) in [5, 5.41) is 14.0. The summed E-state index contributed by atoms with van der Waals surface area (Å²) in [6, 6.07) is 2.13. The van der Waals surface area contributed by atoms with Gasteiger partial charge in [0.2, 0.25) is 0 Å². The van der Waals surface area contributed by atoms with Gasteiger partial charge in [0.25, 0.3) is 0 Å². The first-order valence-corrected chi connectivity index (χ1v) is 6.59. The molecular formula is C14H16F2N2O3. The van der Waals surface area contributed by atoms with Crippen LogP contribution < -0.4 is 10.6 Å². The van der Waals surface area contributed by atoms with E-state index in [1.807, 2.05) is 0 Å². The van der Waals surface area contributed by atoms with Gasteiger partial charge < -0.3 is 15.7 Å². The maximum atomic E-state index is 13.4. The van der Waals surface area contributed by atoms with Crippen molar-refractivity contribution in [3.8, 4) is 0 Å². The minimum atomic E-state index is -1.15. The van der Waals surface area contributed by atoms with Crippen molar-refractivity contribution in [2.45, 2.75) is 32.2 Å². The second-order valence-electron chi connectivity index (χ2n) is 5.37. The Hall–Kier alpha value is -2.18. The van der Waals surface area contributed by atoms with Gasteiger partial charge in [-0.1, -0.05) is 12.5 Å². The average molecular weight is 298 g/mol. The standard InChI is InChI=1S/C14H16F2N2O3/c1-14(12(19)20)7-3-6-10(14)18-13(21)17-9-5-2-4-8(15)11(9)16/h2,4-5,10H,3,6-7H2,1H3,(H,19,20)(H2,17,18,21). The summed E-state index contributed by atoms with van der Waals surface area (Å²) in [7, 11) is 0. The predicted molar refractivity (Wildman–Crippen MR) is 71.9 cm³/mol. The number of anilines is 1. The van der Waals surface area contributed by atoms with Crippen molar-refractivity contribution in [3.05, 3.63) is 29.8 Å². The Morgan fingerprint density at radius 1 is 1.38 bits per heavy atom. The zero-order chi connectivity index (χ0) is 15.6. The minimum absolute atomic E-state index is 0.289. The summed E-state index contributed by atoms with van der Waals surface area (Å²) >= 11 is 0. The van der Waals surface area contributed by atoms with Crippen LogP contribution in [0.3, 0.4) is 0 Å². The number of hydrogen-bond acceptors (Lipinski definition) is 2. The van der Waals surface area contributed by atoms with Crippen LogP contribution in [-0.2, 0) is 4.79 Å². The van der Waals surface area contributed by atoms with E-state index in [2.05, 4.69) is 10.6 Å². The van der Waals surface area contributed by atoms with Gasteiger partial charge in [0, 0.05) is 6.04 Å². The molecule has 2 rings (SSSR count). The van der Waals surface area contributed by atoms with E-state index in [1.165, 1.54) is 12.1 Å². The molecule has 0 aliphatic heterocycles. The van der Waals surface area contributed by atoms with Crippen molar-refractivity contribution in [3.63, 3.8) is 0 Å². The van der Waals surface area contributed by atoms with Crippen LogP contribution >= 0.6 is 0 Å². The second-order valence-corrected chi connectivity index (χ2v) is 5.37. The number of carbonyl (C=O) groups excluding carboxylic acids is 1. The third-order valence-corrected chi connectivity index (χ3v) is 3.95. The molecule has 0 heterocycles. The quantitative estimate of drug-likeness (QED) is 0.803. The minimum Gasteiger partial charge on any atom is -0.481 e. The Balaban J connectivity index is 2.05. The van der Waals surface area contributed by atoms with Crippen LogP contribution in [0.5, 0.6) is 0 Å². The smallest absolute Gasteiger partial charge is 0.319 e. The van der Waals surface area contributed by atoms with Gasteiger partial charge in [0.05, 0.1) is 11.1 Å². The van der Waals surface area contributed by atoms with E-state index in [4.69, 9.17) is 0 Å². The fourth-order valence-electron chi connectivity index (χ4n) is 2.57. The first kappa shape index (κ1) is 15.2. The zero-order valence-corrected chi connectivity index (χ0v) is 11.5. The van der Waals surface area contributed by atoms with E-state index in [0.717, 1.165) is 6.07 Å². The van der Waals surface area contributed by atoms with E-state index in [0.29, 0.717) is 19.3 Å². The third kappa shape index (κ3) is 2.96. The lowest BCUT2D eigenvalue weighted by Crippen LogP contribution is -2.48. The first-order chi connectivity index (χ1) is 9.84. The summed E-state index contributed by atoms with van der Waals surface area (Å²) in [4.78, 5) is 23.1. The molecule has 1 saturated carbocycles. The Morgan fingerprint density at radius 3 is 2.76 bits per heavy atom. The molecule has 3 N–H and O–H groups in total. The molecule has 0 bridgehead atoms. The highest BCUT2D eigenvalue weighted by atomic mass is 19.2. The van der Waals surface area contributed by atoms with Crippen molar-refractivity contribution in [2.24, 2.45) is 5.41 Å². The number of rotatable bonds is 3. The highest BCUT2D eigenvalue weighted by molar-refractivity contribution is 5.90. The van der Waals surface area contributed by atoms with Crippen molar-refractivity contribution >= 4 is 17.7 Å². The Morgan fingerprint density at radius 2 is 2.10 bits per heavy atom. The predicted octanol–water partition coefficient (Wildman–Crippen LogP) is 2.73. The summed E-state index contributed by atoms with van der Waals surface area (Å²) in [5.41, 5.74) is -1.33. The molecule has 1 aliphatic rings. The van der Waals surface area contributed by atoms with Crippen LogP contribution in [0.25, 0.3) is 0 Å². The van der Waals surface area contributed by atoms with Crippen LogP contribution in [0.2, 0.25) is 0 Å². The van der Waals surface area contributed by atoms with Gasteiger partial charge in [-0.2, -0.15) is 0 Å². The van der Waals surface area contributed by atoms with E-state index in [-0.39, 0.29) is 5.69 Å². The summed E-state index contributed by atoms with van der Waals surface area (Å²) in [6.45, 7) is 1.57. The average Bonchev–Trinajstić information content (AvgIpc) is 2.78. The second kappa shape index (κ2) is 5.67. The van der Waals surface area contributed by atoms with Gasteiger partial charge in [-0.05, 0) is 31.9 Å². The maximum Gasteiger partial charge on any atom is 0.319 e. The lowest BCUT2D eigenvalue weighted by Gasteiger charge is -2.27. The molecule has 7 heteroatoms. The SMILES string of the molecule is CC1(C(=O)O)CCCC1NC(=O)Nc1cccc(F)c1F. The summed E-state index contributed by atoms with van der Waals surface area (Å²) in [6.07, 6.45) is 1.67. The maximum absolute atomic E-state index is 13.4. The van der Waals surface area contributed by atoms with Gasteiger partial charge in [0.15, 0.2) is 11.6 Å². The molecule has 1 aliphatic carbocycles. The molecule has 114 valence electrons. The molecule has 2 unspecified atom stereocenters. The van der Waals surface area contributed by atoms with Crippen LogP contribution in [0.15, 0.2) is 18.2 Å². The summed E-state index contributed by atoms with van der Waals surface area (Å²) in [5.74, 6) is -3.20.